The number of Topliss-reactive ketones (excluding diaryl/α,β-unsaturated/α-hetero) is 1. The third kappa shape index (κ3) is 2.74. The van der Waals surface area contributed by atoms with Crippen LogP contribution < -0.4 is 4.74 Å². The van der Waals surface area contributed by atoms with E-state index in [1.165, 1.54) is 0 Å². The molecule has 2 atom stereocenters. The first-order valence-corrected chi connectivity index (χ1v) is 7.77. The minimum absolute atomic E-state index is 0.0741. The Morgan fingerprint density at radius 3 is 2.68 bits per heavy atom. The van der Waals surface area contributed by atoms with Gasteiger partial charge in [0, 0.05) is 11.5 Å². The van der Waals surface area contributed by atoms with Crippen LogP contribution in [0.25, 0.3) is 0 Å². The summed E-state index contributed by atoms with van der Waals surface area (Å²) in [4.78, 5) is 24.4. The number of aryl methyl sites for hydroxylation is 1. The summed E-state index contributed by atoms with van der Waals surface area (Å²) in [5, 5.41) is 9.50. The van der Waals surface area contributed by atoms with E-state index in [1.54, 1.807) is 27.0 Å². The van der Waals surface area contributed by atoms with E-state index in [0.717, 1.165) is 23.3 Å². The maximum absolute atomic E-state index is 12.9. The summed E-state index contributed by atoms with van der Waals surface area (Å²) in [6.45, 7) is 5.41. The molecule has 0 aliphatic heterocycles. The topological polar surface area (TPSA) is 63.6 Å². The number of ether oxygens (including phenoxy) is 1. The zero-order chi connectivity index (χ0) is 16.5. The number of carbonyl (C=O) groups is 2. The van der Waals surface area contributed by atoms with Crippen molar-refractivity contribution < 1.29 is 19.4 Å². The molecule has 0 saturated carbocycles. The maximum atomic E-state index is 12.9. The molecule has 0 fully saturated rings. The summed E-state index contributed by atoms with van der Waals surface area (Å²) in [6, 6.07) is 5.51. The van der Waals surface area contributed by atoms with Crippen LogP contribution in [-0.2, 0) is 11.2 Å². The first kappa shape index (κ1) is 16.5. The number of benzene rings is 1. The fourth-order valence-corrected chi connectivity index (χ4v) is 3.63. The molecule has 22 heavy (non-hydrogen) atoms. The van der Waals surface area contributed by atoms with E-state index in [9.17, 15) is 14.7 Å². The normalized spacial score (nSPS) is 19.5. The van der Waals surface area contributed by atoms with Crippen LogP contribution in [0.2, 0.25) is 0 Å². The molecule has 120 valence electrons. The van der Waals surface area contributed by atoms with Crippen molar-refractivity contribution in [3.63, 3.8) is 0 Å². The number of carbonyl (C=O) groups excluding carboxylic acids is 1. The van der Waals surface area contributed by atoms with Gasteiger partial charge in [-0.05, 0) is 56.4 Å². The lowest BCUT2D eigenvalue weighted by molar-refractivity contribution is -0.151. The number of methoxy groups -OCH3 is 1. The molecule has 4 nitrogen and oxygen atoms in total. The van der Waals surface area contributed by atoms with Gasteiger partial charge >= 0.3 is 5.97 Å². The predicted molar refractivity (Wildman–Crippen MR) is 84.3 cm³/mol. The summed E-state index contributed by atoms with van der Waals surface area (Å²) in [7, 11) is 1.61. The van der Waals surface area contributed by atoms with E-state index in [-0.39, 0.29) is 17.6 Å². The molecule has 0 bridgehead atoms. The molecule has 1 aromatic rings. The number of carboxylic acids is 1. The van der Waals surface area contributed by atoms with Crippen LogP contribution >= 0.6 is 0 Å². The van der Waals surface area contributed by atoms with Crippen LogP contribution in [0.1, 0.15) is 49.5 Å². The van der Waals surface area contributed by atoms with Gasteiger partial charge in [0.15, 0.2) is 5.78 Å². The molecule has 0 spiro atoms. The first-order valence-electron chi connectivity index (χ1n) is 7.77. The molecule has 1 aliphatic rings. The van der Waals surface area contributed by atoms with Crippen LogP contribution in [0.5, 0.6) is 5.75 Å². The second-order valence-corrected chi connectivity index (χ2v) is 6.57. The molecular weight excluding hydrogens is 280 g/mol. The van der Waals surface area contributed by atoms with Gasteiger partial charge in [0.05, 0.1) is 12.5 Å². The Morgan fingerprint density at radius 2 is 2.14 bits per heavy atom. The molecule has 0 saturated heterocycles. The lowest BCUT2D eigenvalue weighted by Crippen LogP contribution is -2.41. The lowest BCUT2D eigenvalue weighted by atomic mass is 9.65. The number of hydrogen-bond donors (Lipinski definition) is 1. The number of aliphatic carboxylic acids is 1. The first-order chi connectivity index (χ1) is 10.3. The molecule has 0 heterocycles. The Kier molecular flexibility index (Phi) is 4.59. The number of rotatable bonds is 5. The third-order valence-electron chi connectivity index (χ3n) is 5.04. The predicted octanol–water partition coefficient (Wildman–Crippen LogP) is 3.58. The molecule has 2 rings (SSSR count). The zero-order valence-corrected chi connectivity index (χ0v) is 13.7. The molecule has 1 aliphatic carbocycles. The number of carboxylic acid groups (broad SMARTS) is 1. The number of fused-ring (bicyclic) bond motifs is 1. The Labute approximate surface area is 131 Å². The zero-order valence-electron chi connectivity index (χ0n) is 13.7. The van der Waals surface area contributed by atoms with E-state index >= 15 is 0 Å². The largest absolute Gasteiger partial charge is 0.497 e. The highest BCUT2D eigenvalue weighted by molar-refractivity contribution is 6.00. The van der Waals surface area contributed by atoms with Crippen molar-refractivity contribution in [3.8, 4) is 5.75 Å². The summed E-state index contributed by atoms with van der Waals surface area (Å²) in [5.74, 6) is -0.398. The van der Waals surface area contributed by atoms with E-state index in [0.29, 0.717) is 12.8 Å². The highest BCUT2D eigenvalue weighted by Gasteiger charge is 2.44. The van der Waals surface area contributed by atoms with Gasteiger partial charge in [-0.3, -0.25) is 9.59 Å². The molecule has 0 unspecified atom stereocenters. The van der Waals surface area contributed by atoms with Crippen LogP contribution in [0.15, 0.2) is 18.2 Å². The van der Waals surface area contributed by atoms with Gasteiger partial charge in [-0.1, -0.05) is 13.3 Å². The Hall–Kier alpha value is -1.84. The maximum Gasteiger partial charge on any atom is 0.309 e. The van der Waals surface area contributed by atoms with Crippen LogP contribution in [-0.4, -0.2) is 24.0 Å². The van der Waals surface area contributed by atoms with Gasteiger partial charge in [0.1, 0.15) is 5.75 Å². The van der Waals surface area contributed by atoms with Crippen LogP contribution in [0.4, 0.5) is 0 Å². The van der Waals surface area contributed by atoms with Crippen molar-refractivity contribution in [1.29, 1.82) is 0 Å². The van der Waals surface area contributed by atoms with Gasteiger partial charge in [-0.2, -0.15) is 0 Å². The standard InChI is InChI=1S/C18H24O4/c1-5-15(18(2,3)17(20)21)14-8-6-11-10-12(22-4)7-9-13(11)16(14)19/h7,9-10,14-15H,5-6,8H2,1-4H3,(H,20,21)/t14-,15+/m0/s1. The van der Waals surface area contributed by atoms with Crippen molar-refractivity contribution in [2.24, 2.45) is 17.3 Å². The Bertz CT molecular complexity index is 589. The second-order valence-electron chi connectivity index (χ2n) is 6.57. The van der Waals surface area contributed by atoms with E-state index < -0.39 is 11.4 Å². The lowest BCUT2D eigenvalue weighted by Gasteiger charge is -2.37. The Balaban J connectivity index is 2.35. The van der Waals surface area contributed by atoms with Gasteiger partial charge in [-0.25, -0.2) is 0 Å². The SMILES string of the molecule is CC[C@H]([C@@H]1CCc2cc(OC)ccc2C1=O)C(C)(C)C(=O)O. The van der Waals surface area contributed by atoms with Gasteiger partial charge in [-0.15, -0.1) is 0 Å². The summed E-state index contributed by atoms with van der Waals surface area (Å²) >= 11 is 0. The smallest absolute Gasteiger partial charge is 0.309 e. The fourth-order valence-electron chi connectivity index (χ4n) is 3.63. The minimum Gasteiger partial charge on any atom is -0.497 e. The van der Waals surface area contributed by atoms with Crippen molar-refractivity contribution >= 4 is 11.8 Å². The molecule has 4 heteroatoms. The Morgan fingerprint density at radius 1 is 1.45 bits per heavy atom. The molecule has 0 radical (unpaired) electrons. The average Bonchev–Trinajstić information content (AvgIpc) is 2.49. The number of hydrogen-bond acceptors (Lipinski definition) is 3. The van der Waals surface area contributed by atoms with E-state index in [4.69, 9.17) is 4.74 Å². The fraction of sp³-hybridized carbons (Fsp3) is 0.556. The highest BCUT2D eigenvalue weighted by atomic mass is 16.5. The quantitative estimate of drug-likeness (QED) is 0.903. The molecule has 0 amide bonds. The minimum atomic E-state index is -0.904. The van der Waals surface area contributed by atoms with Crippen molar-refractivity contribution in [2.45, 2.75) is 40.0 Å². The van der Waals surface area contributed by atoms with E-state index in [2.05, 4.69) is 0 Å². The van der Waals surface area contributed by atoms with Crippen LogP contribution in [0.3, 0.4) is 0 Å². The van der Waals surface area contributed by atoms with Crippen molar-refractivity contribution in [2.75, 3.05) is 7.11 Å². The van der Waals surface area contributed by atoms with Crippen molar-refractivity contribution in [3.05, 3.63) is 29.3 Å². The molecule has 1 aromatic carbocycles. The third-order valence-corrected chi connectivity index (χ3v) is 5.04. The van der Waals surface area contributed by atoms with Crippen LogP contribution in [0, 0.1) is 17.3 Å². The van der Waals surface area contributed by atoms with Gasteiger partial charge in [0.2, 0.25) is 0 Å². The summed E-state index contributed by atoms with van der Waals surface area (Å²) in [6.07, 6.45) is 2.17. The summed E-state index contributed by atoms with van der Waals surface area (Å²) in [5.41, 5.74) is 0.819. The van der Waals surface area contributed by atoms with Gasteiger partial charge < -0.3 is 9.84 Å². The van der Waals surface area contributed by atoms with E-state index in [1.807, 2.05) is 19.1 Å². The summed E-state index contributed by atoms with van der Waals surface area (Å²) < 4.78 is 5.21. The highest BCUT2D eigenvalue weighted by Crippen LogP contribution is 2.42. The average molecular weight is 304 g/mol. The molecule has 1 N–H and O–H groups in total. The number of ketones is 1. The molecule has 0 aromatic heterocycles. The second kappa shape index (κ2) is 6.11. The monoisotopic (exact) mass is 304 g/mol. The van der Waals surface area contributed by atoms with Gasteiger partial charge in [0.25, 0.3) is 0 Å². The molecular formula is C18H24O4. The van der Waals surface area contributed by atoms with Crippen molar-refractivity contribution in [1.82, 2.24) is 0 Å².